The lowest BCUT2D eigenvalue weighted by Crippen LogP contribution is -2.45. The highest BCUT2D eigenvalue weighted by atomic mass is 35.5. The number of carbonyl (C=O) groups excluding carboxylic acids is 1. The van der Waals surface area contributed by atoms with Gasteiger partial charge in [-0.15, -0.1) is 12.4 Å². The van der Waals surface area contributed by atoms with Crippen LogP contribution in [0.25, 0.3) is 0 Å². The predicted molar refractivity (Wildman–Crippen MR) is 70.0 cm³/mol. The van der Waals surface area contributed by atoms with Crippen molar-refractivity contribution in [3.05, 3.63) is 0 Å². The summed E-state index contributed by atoms with van der Waals surface area (Å²) in [6, 6.07) is 0. The normalized spacial score (nSPS) is 25.1. The Morgan fingerprint density at radius 2 is 2.19 bits per heavy atom. The van der Waals surface area contributed by atoms with E-state index in [1.807, 2.05) is 11.9 Å². The fourth-order valence-corrected chi connectivity index (χ4v) is 2.21. The van der Waals surface area contributed by atoms with Crippen LogP contribution in [0.4, 0.5) is 0 Å². The first-order valence-corrected chi connectivity index (χ1v) is 6.04. The molecule has 1 fully saturated rings. The van der Waals surface area contributed by atoms with E-state index in [0.29, 0.717) is 17.7 Å². The molecule has 1 atom stereocenters. The molecule has 1 aliphatic rings. The van der Waals surface area contributed by atoms with E-state index in [0.717, 1.165) is 26.1 Å². The largest absolute Gasteiger partial charge is 0.342 e. The third-order valence-corrected chi connectivity index (χ3v) is 3.58. The van der Waals surface area contributed by atoms with E-state index in [2.05, 4.69) is 19.2 Å². The minimum Gasteiger partial charge on any atom is -0.342 e. The third kappa shape index (κ3) is 4.30. The van der Waals surface area contributed by atoms with E-state index >= 15 is 0 Å². The van der Waals surface area contributed by atoms with E-state index in [1.165, 1.54) is 12.8 Å². The Hall–Kier alpha value is -0.280. The van der Waals surface area contributed by atoms with Gasteiger partial charge >= 0.3 is 0 Å². The van der Waals surface area contributed by atoms with Crippen molar-refractivity contribution in [3.8, 4) is 0 Å². The van der Waals surface area contributed by atoms with Gasteiger partial charge in [-0.3, -0.25) is 4.79 Å². The zero-order valence-electron chi connectivity index (χ0n) is 10.7. The Bertz CT molecular complexity index is 223. The first-order valence-electron chi connectivity index (χ1n) is 6.04. The van der Waals surface area contributed by atoms with Crippen LogP contribution >= 0.6 is 12.4 Å². The predicted octanol–water partition coefficient (Wildman–Crippen LogP) is 2.06. The van der Waals surface area contributed by atoms with Gasteiger partial charge in [0.2, 0.25) is 5.91 Å². The summed E-state index contributed by atoms with van der Waals surface area (Å²) >= 11 is 0. The standard InChI is InChI=1S/C12H24N2O.ClH/c1-4-12(2)7-5-9-14(10-12)11(15)6-8-13-3;/h13H,4-10H2,1-3H3;1H. The molecule has 96 valence electrons. The summed E-state index contributed by atoms with van der Waals surface area (Å²) in [6.45, 7) is 7.22. The Morgan fingerprint density at radius 1 is 1.50 bits per heavy atom. The van der Waals surface area contributed by atoms with Gasteiger partial charge in [0, 0.05) is 26.1 Å². The monoisotopic (exact) mass is 248 g/mol. The van der Waals surface area contributed by atoms with Gasteiger partial charge < -0.3 is 10.2 Å². The van der Waals surface area contributed by atoms with Gasteiger partial charge in [0.1, 0.15) is 0 Å². The minimum absolute atomic E-state index is 0. The van der Waals surface area contributed by atoms with Crippen LogP contribution in [0.2, 0.25) is 0 Å². The van der Waals surface area contributed by atoms with Crippen molar-refractivity contribution in [3.63, 3.8) is 0 Å². The number of nitrogens with one attached hydrogen (secondary N) is 1. The van der Waals surface area contributed by atoms with E-state index in [9.17, 15) is 4.79 Å². The lowest BCUT2D eigenvalue weighted by Gasteiger charge is -2.40. The SMILES string of the molecule is CCC1(C)CCCN(C(=O)CCNC)C1.Cl. The van der Waals surface area contributed by atoms with Crippen LogP contribution < -0.4 is 5.32 Å². The maximum absolute atomic E-state index is 11.8. The van der Waals surface area contributed by atoms with Crippen molar-refractivity contribution in [1.82, 2.24) is 10.2 Å². The number of halogens is 1. The molecule has 0 aliphatic carbocycles. The van der Waals surface area contributed by atoms with Gasteiger partial charge in [-0.25, -0.2) is 0 Å². The second-order valence-corrected chi connectivity index (χ2v) is 4.94. The molecule has 0 spiro atoms. The maximum Gasteiger partial charge on any atom is 0.223 e. The van der Waals surface area contributed by atoms with Gasteiger partial charge in [0.05, 0.1) is 0 Å². The van der Waals surface area contributed by atoms with Crippen molar-refractivity contribution in [2.75, 3.05) is 26.7 Å². The number of amides is 1. The molecule has 0 radical (unpaired) electrons. The quantitative estimate of drug-likeness (QED) is 0.826. The molecule has 1 N–H and O–H groups in total. The molecular weight excluding hydrogens is 224 g/mol. The lowest BCUT2D eigenvalue weighted by molar-refractivity contribution is -0.134. The summed E-state index contributed by atoms with van der Waals surface area (Å²) in [5.41, 5.74) is 0.355. The summed E-state index contributed by atoms with van der Waals surface area (Å²) in [4.78, 5) is 13.9. The molecule has 4 heteroatoms. The summed E-state index contributed by atoms with van der Waals surface area (Å²) in [5, 5.41) is 3.02. The number of hydrogen-bond donors (Lipinski definition) is 1. The Balaban J connectivity index is 0.00000225. The molecule has 0 aromatic rings. The second-order valence-electron chi connectivity index (χ2n) is 4.94. The molecule has 1 rings (SSSR count). The van der Waals surface area contributed by atoms with Gasteiger partial charge in [0.25, 0.3) is 0 Å². The number of piperidine rings is 1. The molecule has 1 saturated heterocycles. The van der Waals surface area contributed by atoms with Crippen molar-refractivity contribution in [2.24, 2.45) is 5.41 Å². The van der Waals surface area contributed by atoms with E-state index in [1.54, 1.807) is 0 Å². The fourth-order valence-electron chi connectivity index (χ4n) is 2.21. The third-order valence-electron chi connectivity index (χ3n) is 3.58. The van der Waals surface area contributed by atoms with Crippen LogP contribution in [0.5, 0.6) is 0 Å². The zero-order valence-corrected chi connectivity index (χ0v) is 11.5. The average Bonchev–Trinajstić information content (AvgIpc) is 2.26. The fraction of sp³-hybridized carbons (Fsp3) is 0.917. The number of rotatable bonds is 4. The molecule has 1 aliphatic heterocycles. The molecule has 0 aromatic heterocycles. The highest BCUT2D eigenvalue weighted by Crippen LogP contribution is 2.32. The summed E-state index contributed by atoms with van der Waals surface area (Å²) in [7, 11) is 1.89. The summed E-state index contributed by atoms with van der Waals surface area (Å²) in [5.74, 6) is 0.309. The molecular formula is C12H25ClN2O. The van der Waals surface area contributed by atoms with Crippen molar-refractivity contribution in [1.29, 1.82) is 0 Å². The molecule has 1 heterocycles. The van der Waals surface area contributed by atoms with Gasteiger partial charge in [-0.1, -0.05) is 13.8 Å². The van der Waals surface area contributed by atoms with Crippen LogP contribution in [-0.4, -0.2) is 37.5 Å². The topological polar surface area (TPSA) is 32.3 Å². The number of carbonyl (C=O) groups is 1. The van der Waals surface area contributed by atoms with Crippen molar-refractivity contribution in [2.45, 2.75) is 39.5 Å². The van der Waals surface area contributed by atoms with Crippen LogP contribution in [0.15, 0.2) is 0 Å². The minimum atomic E-state index is 0. The number of nitrogens with zero attached hydrogens (tertiary/aromatic N) is 1. The summed E-state index contributed by atoms with van der Waals surface area (Å²) < 4.78 is 0. The second kappa shape index (κ2) is 7.13. The van der Waals surface area contributed by atoms with Crippen LogP contribution in [0.3, 0.4) is 0 Å². The highest BCUT2D eigenvalue weighted by molar-refractivity contribution is 5.85. The zero-order chi connectivity index (χ0) is 11.3. The van der Waals surface area contributed by atoms with Crippen LogP contribution in [0, 0.1) is 5.41 Å². The van der Waals surface area contributed by atoms with E-state index < -0.39 is 0 Å². The first-order chi connectivity index (χ1) is 7.11. The Kier molecular flexibility index (Phi) is 7.00. The number of likely N-dealkylation sites (tertiary alicyclic amines) is 1. The number of hydrogen-bond acceptors (Lipinski definition) is 2. The molecule has 0 bridgehead atoms. The lowest BCUT2D eigenvalue weighted by atomic mass is 9.79. The van der Waals surface area contributed by atoms with E-state index in [-0.39, 0.29) is 12.4 Å². The van der Waals surface area contributed by atoms with Gasteiger partial charge in [-0.2, -0.15) is 0 Å². The molecule has 0 saturated carbocycles. The van der Waals surface area contributed by atoms with E-state index in [4.69, 9.17) is 0 Å². The molecule has 1 unspecified atom stereocenters. The highest BCUT2D eigenvalue weighted by Gasteiger charge is 2.31. The molecule has 0 aromatic carbocycles. The molecule has 16 heavy (non-hydrogen) atoms. The van der Waals surface area contributed by atoms with Crippen molar-refractivity contribution >= 4 is 18.3 Å². The van der Waals surface area contributed by atoms with Crippen molar-refractivity contribution < 1.29 is 4.79 Å². The summed E-state index contributed by atoms with van der Waals surface area (Å²) in [6.07, 6.45) is 4.23. The van der Waals surface area contributed by atoms with Crippen LogP contribution in [-0.2, 0) is 4.79 Å². The van der Waals surface area contributed by atoms with Crippen LogP contribution in [0.1, 0.15) is 39.5 Å². The molecule has 3 nitrogen and oxygen atoms in total. The first kappa shape index (κ1) is 15.7. The Labute approximate surface area is 105 Å². The van der Waals surface area contributed by atoms with Gasteiger partial charge in [0.15, 0.2) is 0 Å². The smallest absolute Gasteiger partial charge is 0.223 e. The Morgan fingerprint density at radius 3 is 2.75 bits per heavy atom. The average molecular weight is 249 g/mol. The molecule has 1 amide bonds. The van der Waals surface area contributed by atoms with Gasteiger partial charge in [-0.05, 0) is 31.7 Å². The maximum atomic E-state index is 11.8.